The first kappa shape index (κ1) is 14.5. The van der Waals surface area contributed by atoms with Crippen molar-refractivity contribution in [1.29, 1.82) is 0 Å². The summed E-state index contributed by atoms with van der Waals surface area (Å²) in [6, 6.07) is 3.42. The zero-order valence-electron chi connectivity index (χ0n) is 10.7. The molecule has 0 aliphatic rings. The third-order valence-corrected chi connectivity index (χ3v) is 3.12. The number of amides is 1. The van der Waals surface area contributed by atoms with Crippen molar-refractivity contribution in [2.45, 2.75) is 11.9 Å². The van der Waals surface area contributed by atoms with Crippen LogP contribution in [0.15, 0.2) is 23.4 Å². The predicted octanol–water partition coefficient (Wildman–Crippen LogP) is 1.44. The molecule has 0 saturated carbocycles. The van der Waals surface area contributed by atoms with Gasteiger partial charge in [-0.05, 0) is 25.3 Å². The third-order valence-electron chi connectivity index (χ3n) is 2.41. The summed E-state index contributed by atoms with van der Waals surface area (Å²) in [4.78, 5) is 29.1. The topological polar surface area (TPSA) is 59.5 Å². The molecule has 0 spiro atoms. The molecule has 0 aromatic carbocycles. The van der Waals surface area contributed by atoms with Crippen LogP contribution in [0, 0.1) is 0 Å². The fraction of sp³-hybridized carbons (Fsp3) is 0.417. The lowest BCUT2D eigenvalue weighted by atomic mass is 10.2. The Labute approximate surface area is 111 Å². The molecule has 18 heavy (non-hydrogen) atoms. The van der Waals surface area contributed by atoms with Gasteiger partial charge in [-0.1, -0.05) is 0 Å². The van der Waals surface area contributed by atoms with Gasteiger partial charge >= 0.3 is 5.97 Å². The van der Waals surface area contributed by atoms with Crippen molar-refractivity contribution in [2.75, 3.05) is 26.5 Å². The Hall–Kier alpha value is -1.56. The molecule has 1 rings (SSSR count). The molecule has 1 aromatic rings. The molecule has 6 heteroatoms. The first-order chi connectivity index (χ1) is 8.63. The Morgan fingerprint density at radius 1 is 1.50 bits per heavy atom. The average Bonchev–Trinajstić information content (AvgIpc) is 2.43. The van der Waals surface area contributed by atoms with Gasteiger partial charge in [0.1, 0.15) is 11.6 Å². The largest absolute Gasteiger partial charge is 0.468 e. The predicted molar refractivity (Wildman–Crippen MR) is 69.6 cm³/mol. The summed E-state index contributed by atoms with van der Waals surface area (Å²) in [5.41, 5.74) is 0.510. The molecule has 1 aromatic heterocycles. The second-order valence-corrected chi connectivity index (χ2v) is 4.25. The Balaban J connectivity index is 2.92. The van der Waals surface area contributed by atoms with Gasteiger partial charge in [0.2, 0.25) is 0 Å². The van der Waals surface area contributed by atoms with Crippen molar-refractivity contribution in [3.63, 3.8) is 0 Å². The number of likely N-dealkylation sites (N-methyl/N-ethyl adjacent to an activating group) is 1. The summed E-state index contributed by atoms with van der Waals surface area (Å²) in [5.74, 6) is -0.639. The van der Waals surface area contributed by atoms with Crippen LogP contribution < -0.4 is 0 Å². The number of aromatic nitrogens is 1. The lowest BCUT2D eigenvalue weighted by molar-refractivity contribution is -0.141. The average molecular weight is 268 g/mol. The zero-order valence-corrected chi connectivity index (χ0v) is 11.5. The fourth-order valence-corrected chi connectivity index (χ4v) is 1.98. The van der Waals surface area contributed by atoms with Crippen LogP contribution in [0.4, 0.5) is 0 Å². The monoisotopic (exact) mass is 268 g/mol. The molecule has 1 heterocycles. The first-order valence-electron chi connectivity index (χ1n) is 5.49. The number of methoxy groups -OCH3 is 1. The van der Waals surface area contributed by atoms with Gasteiger partial charge in [-0.2, -0.15) is 0 Å². The van der Waals surface area contributed by atoms with Gasteiger partial charge in [-0.25, -0.2) is 4.98 Å². The quantitative estimate of drug-likeness (QED) is 0.597. The van der Waals surface area contributed by atoms with E-state index >= 15 is 0 Å². The van der Waals surface area contributed by atoms with E-state index in [1.807, 2.05) is 13.2 Å². The van der Waals surface area contributed by atoms with E-state index in [4.69, 9.17) is 0 Å². The number of pyridine rings is 1. The molecule has 1 amide bonds. The minimum atomic E-state index is -0.431. The van der Waals surface area contributed by atoms with E-state index in [9.17, 15) is 9.59 Å². The molecular formula is C12H16N2O3S. The van der Waals surface area contributed by atoms with Gasteiger partial charge in [0.05, 0.1) is 12.7 Å². The van der Waals surface area contributed by atoms with Gasteiger partial charge in [-0.15, -0.1) is 11.8 Å². The summed E-state index contributed by atoms with van der Waals surface area (Å²) < 4.78 is 4.57. The molecule has 0 fully saturated rings. The SMILES string of the molecule is CCN(CC(=O)OC)C(=O)c1cccnc1SC. The molecule has 0 radical (unpaired) electrons. The Kier molecular flexibility index (Phi) is 5.64. The van der Waals surface area contributed by atoms with Gasteiger partial charge < -0.3 is 9.64 Å². The highest BCUT2D eigenvalue weighted by atomic mass is 32.2. The van der Waals surface area contributed by atoms with E-state index in [2.05, 4.69) is 9.72 Å². The maximum Gasteiger partial charge on any atom is 0.325 e. The van der Waals surface area contributed by atoms with E-state index in [0.29, 0.717) is 17.1 Å². The standard InChI is InChI=1S/C12H16N2O3S/c1-4-14(8-10(15)17-2)12(16)9-6-5-7-13-11(9)18-3/h5-7H,4,8H2,1-3H3. The van der Waals surface area contributed by atoms with Gasteiger partial charge in [0, 0.05) is 12.7 Å². The van der Waals surface area contributed by atoms with Crippen LogP contribution in [0.25, 0.3) is 0 Å². The second kappa shape index (κ2) is 7.00. The van der Waals surface area contributed by atoms with Crippen molar-refractivity contribution in [1.82, 2.24) is 9.88 Å². The number of hydrogen-bond acceptors (Lipinski definition) is 5. The summed E-state index contributed by atoms with van der Waals surface area (Å²) in [6.07, 6.45) is 3.49. The fourth-order valence-electron chi connectivity index (χ4n) is 1.43. The van der Waals surface area contributed by atoms with Gasteiger partial charge in [-0.3, -0.25) is 9.59 Å². The maximum absolute atomic E-state index is 12.3. The Bertz CT molecular complexity index is 437. The Morgan fingerprint density at radius 2 is 2.22 bits per heavy atom. The number of rotatable bonds is 5. The third kappa shape index (κ3) is 3.46. The normalized spacial score (nSPS) is 9.94. The molecule has 5 nitrogen and oxygen atoms in total. The number of hydrogen-bond donors (Lipinski definition) is 0. The van der Waals surface area contributed by atoms with Gasteiger partial charge in [0.15, 0.2) is 0 Å². The Morgan fingerprint density at radius 3 is 2.78 bits per heavy atom. The van der Waals surface area contributed by atoms with Crippen molar-refractivity contribution >= 4 is 23.6 Å². The lowest BCUT2D eigenvalue weighted by Crippen LogP contribution is -2.36. The van der Waals surface area contributed by atoms with E-state index in [1.54, 1.807) is 18.3 Å². The highest BCUT2D eigenvalue weighted by Gasteiger charge is 2.20. The zero-order chi connectivity index (χ0) is 13.5. The maximum atomic E-state index is 12.3. The van der Waals surface area contributed by atoms with Crippen LogP contribution in [0.3, 0.4) is 0 Å². The van der Waals surface area contributed by atoms with Crippen LogP contribution in [0.2, 0.25) is 0 Å². The molecular weight excluding hydrogens is 252 g/mol. The minimum Gasteiger partial charge on any atom is -0.468 e. The molecule has 0 aliphatic heterocycles. The van der Waals surface area contributed by atoms with Crippen molar-refractivity contribution < 1.29 is 14.3 Å². The number of nitrogens with zero attached hydrogens (tertiary/aromatic N) is 2. The minimum absolute atomic E-state index is 0.0471. The summed E-state index contributed by atoms with van der Waals surface area (Å²) in [6.45, 7) is 2.21. The number of thioether (sulfide) groups is 1. The van der Waals surface area contributed by atoms with Crippen LogP contribution in [0.1, 0.15) is 17.3 Å². The van der Waals surface area contributed by atoms with Crippen molar-refractivity contribution in [2.24, 2.45) is 0 Å². The van der Waals surface area contributed by atoms with E-state index in [-0.39, 0.29) is 12.5 Å². The number of esters is 1. The molecule has 0 bridgehead atoms. The van der Waals surface area contributed by atoms with Gasteiger partial charge in [0.25, 0.3) is 5.91 Å². The number of carbonyl (C=O) groups is 2. The van der Waals surface area contributed by atoms with Crippen molar-refractivity contribution in [3.05, 3.63) is 23.9 Å². The summed E-state index contributed by atoms with van der Waals surface area (Å²) in [5, 5.41) is 0.658. The van der Waals surface area contributed by atoms with Crippen LogP contribution in [-0.4, -0.2) is 48.2 Å². The first-order valence-corrected chi connectivity index (χ1v) is 6.71. The van der Waals surface area contributed by atoms with Crippen LogP contribution in [-0.2, 0) is 9.53 Å². The lowest BCUT2D eigenvalue weighted by Gasteiger charge is -2.20. The number of ether oxygens (including phenoxy) is 1. The second-order valence-electron chi connectivity index (χ2n) is 3.46. The molecule has 98 valence electrons. The number of carbonyl (C=O) groups excluding carboxylic acids is 2. The molecule has 0 saturated heterocycles. The van der Waals surface area contributed by atoms with Crippen LogP contribution in [0.5, 0.6) is 0 Å². The van der Waals surface area contributed by atoms with E-state index < -0.39 is 5.97 Å². The summed E-state index contributed by atoms with van der Waals surface area (Å²) in [7, 11) is 1.30. The van der Waals surface area contributed by atoms with Crippen LogP contribution >= 0.6 is 11.8 Å². The molecule has 0 unspecified atom stereocenters. The smallest absolute Gasteiger partial charge is 0.325 e. The van der Waals surface area contributed by atoms with E-state index in [0.717, 1.165) is 0 Å². The molecule has 0 aliphatic carbocycles. The molecule has 0 N–H and O–H groups in total. The highest BCUT2D eigenvalue weighted by Crippen LogP contribution is 2.18. The highest BCUT2D eigenvalue weighted by molar-refractivity contribution is 7.98. The molecule has 0 atom stereocenters. The van der Waals surface area contributed by atoms with Crippen molar-refractivity contribution in [3.8, 4) is 0 Å². The van der Waals surface area contributed by atoms with E-state index in [1.165, 1.54) is 23.8 Å². The summed E-state index contributed by atoms with van der Waals surface area (Å²) >= 11 is 1.40.